The minimum atomic E-state index is -0.398. The number of esters is 2. The number of fused-ring (bicyclic) bond motifs is 1. The number of aromatic amines is 1. The van der Waals surface area contributed by atoms with Gasteiger partial charge in [-0.2, -0.15) is 5.26 Å². The van der Waals surface area contributed by atoms with Gasteiger partial charge < -0.3 is 51.8 Å². The van der Waals surface area contributed by atoms with Gasteiger partial charge >= 0.3 is 11.9 Å². The molecule has 10 rings (SSSR count). The van der Waals surface area contributed by atoms with Crippen LogP contribution in [-0.4, -0.2) is 153 Å². The number of carbonyl (C=O) groups excluding carboxylic acids is 3. The molecule has 0 spiro atoms. The summed E-state index contributed by atoms with van der Waals surface area (Å²) >= 11 is 0. The average Bonchev–Trinajstić information content (AvgIpc) is 1.68. The third kappa shape index (κ3) is 28.1. The number of anilines is 5. The molecule has 0 radical (unpaired) electrons. The second kappa shape index (κ2) is 43.2. The topological polar surface area (TPSA) is 288 Å². The molecule has 92 heavy (non-hydrogen) atoms. The number of H-pyrrole nitrogens is 1. The number of benzene rings is 2. The fraction of sp³-hybridized carbons (Fsp3) is 0.592. The first-order valence-electron chi connectivity index (χ1n) is 33.7. The van der Waals surface area contributed by atoms with Gasteiger partial charge in [-0.05, 0) is 238 Å². The van der Waals surface area contributed by atoms with Crippen LogP contribution in [-0.2, 0) is 14.3 Å². The molecule has 21 nitrogen and oxygen atoms in total. The SMILES string of the molecule is CC.CC.CC.Cc1cc(C)c(N)c(N)c1.Cc1cc(C)c2nc(-c3cnc(NCCCC4CCN(C)CC4)nc3C)[nH]c2c1.Cc1nc(NCCCC2CCN(C)CC2)ncc1C#N.Cc1nc(NCCCC2CCN(C)CC2)ncc1C=O.O=C1CCC(=O)O1. The quantitative estimate of drug-likeness (QED) is 0.0163. The number of rotatable bonds is 17. The number of nitrogens with zero attached hydrogens (tertiary/aromatic N) is 11. The van der Waals surface area contributed by atoms with E-state index in [0.717, 1.165) is 107 Å². The lowest BCUT2D eigenvalue weighted by atomic mass is 9.92. The molecule has 4 saturated heterocycles. The zero-order valence-corrected chi connectivity index (χ0v) is 58.8. The number of nitrogens with one attached hydrogen (secondary N) is 4. The highest BCUT2D eigenvalue weighted by Crippen LogP contribution is 2.27. The smallest absolute Gasteiger partial charge is 0.314 e. The van der Waals surface area contributed by atoms with Crippen molar-refractivity contribution >= 4 is 58.5 Å². The highest BCUT2D eigenvalue weighted by molar-refractivity contribution is 5.92. The van der Waals surface area contributed by atoms with Gasteiger partial charge in [0.05, 0.1) is 75.2 Å². The summed E-state index contributed by atoms with van der Waals surface area (Å²) in [5, 5.41) is 18.7. The molecule has 0 unspecified atom stereocenters. The third-order valence-corrected chi connectivity index (χ3v) is 16.5. The molecule has 4 fully saturated rings. The lowest BCUT2D eigenvalue weighted by molar-refractivity contribution is -0.152. The van der Waals surface area contributed by atoms with Crippen molar-refractivity contribution in [2.45, 2.75) is 180 Å². The van der Waals surface area contributed by atoms with Crippen LogP contribution in [0.2, 0.25) is 0 Å². The van der Waals surface area contributed by atoms with Gasteiger partial charge in [0, 0.05) is 32.0 Å². The van der Waals surface area contributed by atoms with E-state index in [4.69, 9.17) is 21.7 Å². The van der Waals surface area contributed by atoms with E-state index in [1.165, 1.54) is 115 Å². The van der Waals surface area contributed by atoms with Gasteiger partial charge in [0.2, 0.25) is 17.8 Å². The van der Waals surface area contributed by atoms with Crippen molar-refractivity contribution in [3.63, 3.8) is 0 Å². The fourth-order valence-electron chi connectivity index (χ4n) is 11.0. The Morgan fingerprint density at radius 1 is 0.576 bits per heavy atom. The molecular weight excluding hydrogens is 1150 g/mol. The molecule has 0 atom stereocenters. The van der Waals surface area contributed by atoms with E-state index in [1.54, 1.807) is 12.4 Å². The molecule has 0 saturated carbocycles. The van der Waals surface area contributed by atoms with Crippen molar-refractivity contribution in [1.29, 1.82) is 5.26 Å². The van der Waals surface area contributed by atoms with Crippen LogP contribution in [0.3, 0.4) is 0 Å². The third-order valence-electron chi connectivity index (χ3n) is 16.5. The van der Waals surface area contributed by atoms with Gasteiger partial charge in [0.1, 0.15) is 11.9 Å². The van der Waals surface area contributed by atoms with Gasteiger partial charge in [-0.1, -0.05) is 53.7 Å². The van der Waals surface area contributed by atoms with E-state index in [2.05, 4.69) is 123 Å². The van der Waals surface area contributed by atoms with Crippen LogP contribution >= 0.6 is 0 Å². The summed E-state index contributed by atoms with van der Waals surface area (Å²) in [5.74, 6) is 4.61. The fourth-order valence-corrected chi connectivity index (χ4v) is 11.0. The number of carbonyl (C=O) groups is 3. The minimum Gasteiger partial charge on any atom is -0.397 e. The largest absolute Gasteiger partial charge is 0.397 e. The molecule has 8 N–H and O–H groups in total. The Morgan fingerprint density at radius 2 is 0.989 bits per heavy atom. The van der Waals surface area contributed by atoms with Crippen molar-refractivity contribution in [2.75, 3.05) is 107 Å². The molecule has 4 aromatic heterocycles. The van der Waals surface area contributed by atoms with E-state index in [9.17, 15) is 14.4 Å². The summed E-state index contributed by atoms with van der Waals surface area (Å²) in [5.41, 5.74) is 23.8. The van der Waals surface area contributed by atoms with Gasteiger partial charge in [-0.15, -0.1) is 0 Å². The first-order valence-corrected chi connectivity index (χ1v) is 33.7. The van der Waals surface area contributed by atoms with Crippen molar-refractivity contribution in [2.24, 2.45) is 17.8 Å². The van der Waals surface area contributed by atoms with Crippen LogP contribution in [0.25, 0.3) is 22.4 Å². The number of hydrogen-bond acceptors (Lipinski definition) is 20. The maximum Gasteiger partial charge on any atom is 0.314 e. The van der Waals surface area contributed by atoms with E-state index in [-0.39, 0.29) is 12.8 Å². The predicted molar refractivity (Wildman–Crippen MR) is 378 cm³/mol. The van der Waals surface area contributed by atoms with Crippen LogP contribution in [0.1, 0.15) is 187 Å². The van der Waals surface area contributed by atoms with Crippen LogP contribution in [0, 0.1) is 77.6 Å². The predicted octanol–water partition coefficient (Wildman–Crippen LogP) is 13.2. The number of nitriles is 1. The lowest BCUT2D eigenvalue weighted by Gasteiger charge is -2.28. The number of aldehydes is 1. The highest BCUT2D eigenvalue weighted by Gasteiger charge is 2.21. The molecule has 0 bridgehead atoms. The Bertz CT molecular complexity index is 3140. The number of piperidine rings is 3. The van der Waals surface area contributed by atoms with Crippen molar-refractivity contribution < 1.29 is 19.1 Å². The van der Waals surface area contributed by atoms with Crippen LogP contribution in [0.4, 0.5) is 29.2 Å². The summed E-state index contributed by atoms with van der Waals surface area (Å²) in [4.78, 5) is 72.2. The van der Waals surface area contributed by atoms with E-state index < -0.39 is 11.9 Å². The monoisotopic (exact) mass is 1270 g/mol. The number of ether oxygens (including phenoxy) is 1. The molecular formula is C71H113N17O4. The molecule has 506 valence electrons. The van der Waals surface area contributed by atoms with E-state index in [0.29, 0.717) is 40.3 Å². The number of hydrogen-bond donors (Lipinski definition) is 6. The Balaban J connectivity index is 0.000000312. The van der Waals surface area contributed by atoms with Crippen molar-refractivity contribution in [3.8, 4) is 17.5 Å². The summed E-state index contributed by atoms with van der Waals surface area (Å²) in [7, 11) is 6.61. The van der Waals surface area contributed by atoms with Gasteiger partial charge in [0.15, 0.2) is 6.29 Å². The molecule has 21 heteroatoms. The Labute approximate surface area is 550 Å². The average molecular weight is 1270 g/mol. The summed E-state index contributed by atoms with van der Waals surface area (Å²) in [6, 6.07) is 10.3. The van der Waals surface area contributed by atoms with Crippen molar-refractivity contribution in [1.82, 2.24) is 54.6 Å². The Kier molecular flexibility index (Phi) is 36.9. The second-order valence-corrected chi connectivity index (χ2v) is 23.8. The number of nitrogen functional groups attached to an aromatic ring is 2. The highest BCUT2D eigenvalue weighted by atomic mass is 16.6. The zero-order chi connectivity index (χ0) is 68.1. The number of aryl methyl sites for hydroxylation is 7. The molecule has 8 heterocycles. The molecule has 4 aliphatic rings. The van der Waals surface area contributed by atoms with Crippen molar-refractivity contribution in [3.05, 3.63) is 93.3 Å². The van der Waals surface area contributed by atoms with E-state index in [1.807, 2.05) is 94.5 Å². The van der Waals surface area contributed by atoms with Gasteiger partial charge in [-0.25, -0.2) is 34.9 Å². The number of likely N-dealkylation sites (tertiary alicyclic amines) is 3. The Morgan fingerprint density at radius 3 is 1.38 bits per heavy atom. The van der Waals surface area contributed by atoms with Gasteiger partial charge in [-0.3, -0.25) is 14.4 Å². The lowest BCUT2D eigenvalue weighted by Crippen LogP contribution is -2.30. The molecule has 6 aromatic rings. The number of imidazole rings is 1. The molecule has 2 aromatic carbocycles. The van der Waals surface area contributed by atoms with Crippen LogP contribution in [0.5, 0.6) is 0 Å². The first-order chi connectivity index (χ1) is 44.3. The number of nitrogens with two attached hydrogens (primary N) is 2. The Hall–Kier alpha value is -7.67. The van der Waals surface area contributed by atoms with E-state index >= 15 is 0 Å². The van der Waals surface area contributed by atoms with Crippen LogP contribution < -0.4 is 27.4 Å². The van der Waals surface area contributed by atoms with Gasteiger partial charge in [0.25, 0.3) is 0 Å². The number of cyclic esters (lactones) is 2. The van der Waals surface area contributed by atoms with Crippen LogP contribution in [0.15, 0.2) is 42.9 Å². The maximum absolute atomic E-state index is 10.7. The standard InChI is InChI=1S/C23H32N6.C15H23N5.C15H24N4O.C8H12N2.C4H4O3.3C2H6/c1-15-12-16(2)21-20(13-15)27-22(28-21)19-14-25-23(26-17(19)3)24-9-5-6-18-7-10-29(4)11-8-18;1-12-14(10-16)11-18-15(19-12)17-7-3-4-13-5-8-20(2)9-6-13;1-12-14(11-20)10-17-15(18-12)16-7-3-4-13-5-8-19(2)9-6-13;1-5-3-6(2)8(10)7(9)4-5;5-3-1-2-4(6)7-3;3*1-2/h12-14,18H,5-11H2,1-4H3,(H,27,28)(H,24,25,26);11,13H,3-9H2,1-2H3,(H,17,18,19);10-11,13H,3-9H2,1-2H3,(H,16,17,18);3-4H,9-10H2,1-2H3;1-2H2;3*1-2H3. The normalized spacial score (nSPS) is 15.2. The summed E-state index contributed by atoms with van der Waals surface area (Å²) in [6.07, 6.45) is 21.6. The zero-order valence-electron chi connectivity index (χ0n) is 58.8. The molecule has 0 aliphatic carbocycles. The maximum atomic E-state index is 10.7. The summed E-state index contributed by atoms with van der Waals surface area (Å²) < 4.78 is 4.08. The second-order valence-electron chi connectivity index (χ2n) is 23.8. The number of aromatic nitrogens is 8. The summed E-state index contributed by atoms with van der Waals surface area (Å²) in [6.45, 7) is 36.0. The molecule has 0 amide bonds. The first kappa shape index (κ1) is 78.6. The minimum absolute atomic E-state index is 0.263. The molecule has 4 aliphatic heterocycles.